The number of H-pyrrole nitrogens is 1. The van der Waals surface area contributed by atoms with Crippen LogP contribution in [0.25, 0.3) is 0 Å². The summed E-state index contributed by atoms with van der Waals surface area (Å²) in [6, 6.07) is 5.51. The maximum atomic E-state index is 8.77. The van der Waals surface area contributed by atoms with Crippen molar-refractivity contribution in [3.8, 4) is 6.07 Å². The second kappa shape index (κ2) is 4.15. The number of tetrazole rings is 1. The van der Waals surface area contributed by atoms with Gasteiger partial charge in [-0.2, -0.15) is 10.5 Å². The van der Waals surface area contributed by atoms with Crippen LogP contribution in [0.4, 0.5) is 5.69 Å². The number of rotatable bonds is 3. The Hall–Kier alpha value is -2.49. The number of aromatic amines is 1. The summed E-state index contributed by atoms with van der Waals surface area (Å²) in [5, 5.41) is 25.1. The molecule has 2 heterocycles. The molecule has 0 saturated carbocycles. The monoisotopic (exact) mass is 201 g/mol. The van der Waals surface area contributed by atoms with Crippen LogP contribution in [0.2, 0.25) is 0 Å². The van der Waals surface area contributed by atoms with Gasteiger partial charge in [0.25, 0.3) is 0 Å². The highest BCUT2D eigenvalue weighted by atomic mass is 15.5. The zero-order valence-electron chi connectivity index (χ0n) is 7.68. The SMILES string of the molecule is N#Cc1ncccc1NCc1nn[nH]n1. The second-order valence-electron chi connectivity index (χ2n) is 2.69. The molecule has 0 unspecified atom stereocenters. The highest BCUT2D eigenvalue weighted by Crippen LogP contribution is 2.10. The van der Waals surface area contributed by atoms with Crippen LogP contribution < -0.4 is 5.32 Å². The molecule has 0 saturated heterocycles. The van der Waals surface area contributed by atoms with Gasteiger partial charge in [-0.1, -0.05) is 5.21 Å². The first kappa shape index (κ1) is 9.08. The van der Waals surface area contributed by atoms with Crippen LogP contribution in [-0.2, 0) is 6.54 Å². The molecule has 2 aromatic heterocycles. The summed E-state index contributed by atoms with van der Waals surface area (Å²) >= 11 is 0. The van der Waals surface area contributed by atoms with Gasteiger partial charge in [0.15, 0.2) is 11.5 Å². The van der Waals surface area contributed by atoms with Crippen LogP contribution >= 0.6 is 0 Å². The summed E-state index contributed by atoms with van der Waals surface area (Å²) in [5.74, 6) is 0.530. The van der Waals surface area contributed by atoms with E-state index in [1.54, 1.807) is 18.3 Å². The first-order chi connectivity index (χ1) is 7.40. The van der Waals surface area contributed by atoms with Gasteiger partial charge in [0.2, 0.25) is 0 Å². The fourth-order valence-corrected chi connectivity index (χ4v) is 1.07. The van der Waals surface area contributed by atoms with E-state index in [1.807, 2.05) is 6.07 Å². The van der Waals surface area contributed by atoms with Gasteiger partial charge >= 0.3 is 0 Å². The van der Waals surface area contributed by atoms with Gasteiger partial charge in [0.1, 0.15) is 6.07 Å². The first-order valence-electron chi connectivity index (χ1n) is 4.21. The molecule has 0 amide bonds. The van der Waals surface area contributed by atoms with Gasteiger partial charge in [-0.25, -0.2) is 4.98 Å². The maximum Gasteiger partial charge on any atom is 0.193 e. The van der Waals surface area contributed by atoms with Crippen molar-refractivity contribution in [2.45, 2.75) is 6.54 Å². The third-order valence-electron chi connectivity index (χ3n) is 1.74. The molecule has 74 valence electrons. The number of pyridine rings is 1. The van der Waals surface area contributed by atoms with E-state index in [-0.39, 0.29) is 0 Å². The quantitative estimate of drug-likeness (QED) is 0.728. The van der Waals surface area contributed by atoms with Crippen molar-refractivity contribution in [2.75, 3.05) is 5.32 Å². The van der Waals surface area contributed by atoms with Gasteiger partial charge in [0.05, 0.1) is 12.2 Å². The normalized spacial score (nSPS) is 9.53. The molecule has 0 bridgehead atoms. The molecule has 0 radical (unpaired) electrons. The lowest BCUT2D eigenvalue weighted by molar-refractivity contribution is 0.881. The predicted octanol–water partition coefficient (Wildman–Crippen LogP) is 0.0785. The Morgan fingerprint density at radius 2 is 2.47 bits per heavy atom. The number of nitrogens with zero attached hydrogens (tertiary/aromatic N) is 5. The number of aromatic nitrogens is 5. The molecule has 0 aliphatic heterocycles. The van der Waals surface area contributed by atoms with Crippen LogP contribution in [0, 0.1) is 11.3 Å². The molecule has 0 aromatic carbocycles. The molecule has 2 aromatic rings. The van der Waals surface area contributed by atoms with Crippen molar-refractivity contribution in [2.24, 2.45) is 0 Å². The maximum absolute atomic E-state index is 8.77. The Kier molecular flexibility index (Phi) is 2.51. The molecule has 2 rings (SSSR count). The van der Waals surface area contributed by atoms with Crippen LogP contribution in [0.3, 0.4) is 0 Å². The van der Waals surface area contributed by atoms with E-state index in [1.165, 1.54) is 0 Å². The first-order valence-corrected chi connectivity index (χ1v) is 4.21. The van der Waals surface area contributed by atoms with E-state index in [2.05, 4.69) is 30.9 Å². The summed E-state index contributed by atoms with van der Waals surface area (Å²) < 4.78 is 0. The smallest absolute Gasteiger partial charge is 0.193 e. The van der Waals surface area contributed by atoms with Crippen LogP contribution in [0.1, 0.15) is 11.5 Å². The molecule has 0 fully saturated rings. The predicted molar refractivity (Wildman–Crippen MR) is 50.5 cm³/mol. The third kappa shape index (κ3) is 2.05. The third-order valence-corrected chi connectivity index (χ3v) is 1.74. The van der Waals surface area contributed by atoms with Crippen LogP contribution in [0.15, 0.2) is 18.3 Å². The fourth-order valence-electron chi connectivity index (χ4n) is 1.07. The molecule has 7 nitrogen and oxygen atoms in total. The minimum Gasteiger partial charge on any atom is -0.375 e. The van der Waals surface area contributed by atoms with Crippen molar-refractivity contribution in [3.05, 3.63) is 29.8 Å². The van der Waals surface area contributed by atoms with Crippen molar-refractivity contribution < 1.29 is 0 Å². The lowest BCUT2D eigenvalue weighted by Gasteiger charge is -2.03. The fraction of sp³-hybridized carbons (Fsp3) is 0.125. The van der Waals surface area contributed by atoms with Crippen molar-refractivity contribution in [1.29, 1.82) is 5.26 Å². The van der Waals surface area contributed by atoms with E-state index in [4.69, 9.17) is 5.26 Å². The molecular formula is C8H7N7. The van der Waals surface area contributed by atoms with Gasteiger partial charge in [0, 0.05) is 6.20 Å². The lowest BCUT2D eigenvalue weighted by atomic mass is 10.3. The molecular weight excluding hydrogens is 194 g/mol. The highest BCUT2D eigenvalue weighted by Gasteiger charge is 2.02. The molecule has 0 atom stereocenters. The van der Waals surface area contributed by atoms with E-state index >= 15 is 0 Å². The minimum atomic E-state index is 0.348. The van der Waals surface area contributed by atoms with Crippen LogP contribution in [-0.4, -0.2) is 25.6 Å². The van der Waals surface area contributed by atoms with Gasteiger partial charge in [-0.3, -0.25) is 0 Å². The topological polar surface area (TPSA) is 103 Å². The molecule has 15 heavy (non-hydrogen) atoms. The summed E-state index contributed by atoms with van der Waals surface area (Å²) in [7, 11) is 0. The Morgan fingerprint density at radius 1 is 1.53 bits per heavy atom. The Morgan fingerprint density at radius 3 is 3.20 bits per heavy atom. The average Bonchev–Trinajstić information content (AvgIpc) is 2.79. The molecule has 7 heteroatoms. The number of anilines is 1. The van der Waals surface area contributed by atoms with Crippen LogP contribution in [0.5, 0.6) is 0 Å². The molecule has 0 spiro atoms. The second-order valence-corrected chi connectivity index (χ2v) is 2.69. The van der Waals surface area contributed by atoms with Gasteiger partial charge in [-0.15, -0.1) is 10.2 Å². The zero-order chi connectivity index (χ0) is 10.5. The van der Waals surface area contributed by atoms with Gasteiger partial charge in [-0.05, 0) is 12.1 Å². The minimum absolute atomic E-state index is 0.348. The van der Waals surface area contributed by atoms with E-state index in [9.17, 15) is 0 Å². The van der Waals surface area contributed by atoms with Gasteiger partial charge < -0.3 is 5.32 Å². The lowest BCUT2D eigenvalue weighted by Crippen LogP contribution is -2.03. The molecule has 2 N–H and O–H groups in total. The number of hydrogen-bond acceptors (Lipinski definition) is 6. The number of nitriles is 1. The number of hydrogen-bond donors (Lipinski definition) is 2. The van der Waals surface area contributed by atoms with E-state index < -0.39 is 0 Å². The zero-order valence-corrected chi connectivity index (χ0v) is 7.68. The standard InChI is InChI=1S/C8H7N7/c9-4-7-6(2-1-3-10-7)11-5-8-12-14-15-13-8/h1-3,11H,5H2,(H,12,13,14,15). The highest BCUT2D eigenvalue weighted by molar-refractivity contribution is 5.53. The largest absolute Gasteiger partial charge is 0.375 e. The summed E-state index contributed by atoms with van der Waals surface area (Å²) in [5.41, 5.74) is 1.01. The summed E-state index contributed by atoms with van der Waals surface area (Å²) in [4.78, 5) is 3.91. The summed E-state index contributed by atoms with van der Waals surface area (Å²) in [6.45, 7) is 0.400. The Labute approximate surface area is 85.2 Å². The number of nitrogens with one attached hydrogen (secondary N) is 2. The van der Waals surface area contributed by atoms with E-state index in [0.29, 0.717) is 23.8 Å². The van der Waals surface area contributed by atoms with Crippen molar-refractivity contribution in [3.63, 3.8) is 0 Å². The Bertz CT molecular complexity index is 470. The molecule has 0 aliphatic carbocycles. The van der Waals surface area contributed by atoms with Crippen molar-refractivity contribution >= 4 is 5.69 Å². The average molecular weight is 201 g/mol. The van der Waals surface area contributed by atoms with Crippen molar-refractivity contribution in [1.82, 2.24) is 25.6 Å². The Balaban J connectivity index is 2.08. The molecule has 0 aliphatic rings. The van der Waals surface area contributed by atoms with E-state index in [0.717, 1.165) is 0 Å². The summed E-state index contributed by atoms with van der Waals surface area (Å²) in [6.07, 6.45) is 1.57.